The number of carbonyl (C=O) groups is 4. The number of H-pyrrole nitrogens is 1. The third-order valence-corrected chi connectivity index (χ3v) is 4.11. The smallest absolute Gasteiger partial charge is 0.322 e. The minimum absolute atomic E-state index is 0.186. The molecule has 7 N–H and O–H groups in total. The van der Waals surface area contributed by atoms with Gasteiger partial charge < -0.3 is 31.8 Å². The summed E-state index contributed by atoms with van der Waals surface area (Å²) < 4.78 is 0. The number of carbonyl (C=O) groups excluding carboxylic acids is 3. The highest BCUT2D eigenvalue weighted by Crippen LogP contribution is 2.05. The molecule has 0 saturated heterocycles. The standard InChI is InChI=1S/C19H24N6O5/c20-14(7-13-8-21-11-24-13)18(29)25-15(6-12-4-2-1-3-5-12)19(30)23-9-16(26)22-10-17(27)28/h1-5,8,11,14-15H,6-7,9-10,20H2,(H,21,24)(H,22,26)(H,23,30)(H,25,29)(H,27,28). The Bertz CT molecular complexity index is 856. The topological polar surface area (TPSA) is 179 Å². The quantitative estimate of drug-likeness (QED) is 0.253. The molecule has 11 nitrogen and oxygen atoms in total. The number of benzene rings is 1. The molecular weight excluding hydrogens is 392 g/mol. The van der Waals surface area contributed by atoms with Gasteiger partial charge in [0.25, 0.3) is 0 Å². The fourth-order valence-corrected chi connectivity index (χ4v) is 2.59. The number of amides is 3. The Balaban J connectivity index is 1.98. The molecule has 0 aliphatic heterocycles. The van der Waals surface area contributed by atoms with Gasteiger partial charge in [-0.15, -0.1) is 0 Å². The van der Waals surface area contributed by atoms with Crippen molar-refractivity contribution < 1.29 is 24.3 Å². The van der Waals surface area contributed by atoms with Crippen LogP contribution in [0.5, 0.6) is 0 Å². The van der Waals surface area contributed by atoms with Gasteiger partial charge in [0.2, 0.25) is 17.7 Å². The molecule has 0 spiro atoms. The fourth-order valence-electron chi connectivity index (χ4n) is 2.59. The molecule has 0 aliphatic carbocycles. The van der Waals surface area contributed by atoms with Crippen molar-refractivity contribution in [2.45, 2.75) is 24.9 Å². The van der Waals surface area contributed by atoms with Gasteiger partial charge in [0, 0.05) is 24.7 Å². The summed E-state index contributed by atoms with van der Waals surface area (Å²) in [5.41, 5.74) is 7.41. The van der Waals surface area contributed by atoms with Crippen molar-refractivity contribution in [2.24, 2.45) is 5.73 Å². The summed E-state index contributed by atoms with van der Waals surface area (Å²) in [6.07, 6.45) is 3.42. The molecule has 3 amide bonds. The second-order valence-electron chi connectivity index (χ2n) is 6.53. The van der Waals surface area contributed by atoms with E-state index in [0.717, 1.165) is 5.56 Å². The number of hydrogen-bond acceptors (Lipinski definition) is 6. The molecule has 0 aliphatic rings. The first-order chi connectivity index (χ1) is 14.3. The molecule has 0 radical (unpaired) electrons. The van der Waals surface area contributed by atoms with Crippen molar-refractivity contribution in [2.75, 3.05) is 13.1 Å². The maximum absolute atomic E-state index is 12.6. The van der Waals surface area contributed by atoms with Crippen molar-refractivity contribution in [1.82, 2.24) is 25.9 Å². The van der Waals surface area contributed by atoms with Crippen molar-refractivity contribution in [1.29, 1.82) is 0 Å². The number of carboxylic acid groups (broad SMARTS) is 1. The molecule has 2 aromatic rings. The number of nitrogens with two attached hydrogens (primary N) is 1. The number of nitrogens with one attached hydrogen (secondary N) is 4. The average Bonchev–Trinajstić information content (AvgIpc) is 3.23. The van der Waals surface area contributed by atoms with Gasteiger partial charge in [-0.2, -0.15) is 0 Å². The molecule has 2 atom stereocenters. The Labute approximate surface area is 172 Å². The number of nitrogens with zero attached hydrogens (tertiary/aromatic N) is 1. The van der Waals surface area contributed by atoms with E-state index in [9.17, 15) is 19.2 Å². The molecule has 160 valence electrons. The fraction of sp³-hybridized carbons (Fsp3) is 0.316. The zero-order chi connectivity index (χ0) is 21.9. The first kappa shape index (κ1) is 22.6. The SMILES string of the molecule is NC(Cc1cnc[nH]1)C(=O)NC(Cc1ccccc1)C(=O)NCC(=O)NCC(=O)O. The van der Waals surface area contributed by atoms with E-state index in [1.54, 1.807) is 30.5 Å². The van der Waals surface area contributed by atoms with E-state index in [4.69, 9.17) is 10.8 Å². The van der Waals surface area contributed by atoms with Gasteiger partial charge in [-0.1, -0.05) is 30.3 Å². The molecule has 30 heavy (non-hydrogen) atoms. The van der Waals surface area contributed by atoms with E-state index in [1.165, 1.54) is 6.33 Å². The zero-order valence-corrected chi connectivity index (χ0v) is 16.1. The molecule has 2 unspecified atom stereocenters. The van der Waals surface area contributed by atoms with E-state index >= 15 is 0 Å². The molecule has 1 aromatic carbocycles. The molecule has 1 aromatic heterocycles. The number of aromatic amines is 1. The zero-order valence-electron chi connectivity index (χ0n) is 16.1. The van der Waals surface area contributed by atoms with Crippen molar-refractivity contribution in [3.05, 3.63) is 54.1 Å². The predicted molar refractivity (Wildman–Crippen MR) is 106 cm³/mol. The summed E-state index contributed by atoms with van der Waals surface area (Å²) in [5, 5.41) is 15.7. The third-order valence-electron chi connectivity index (χ3n) is 4.11. The van der Waals surface area contributed by atoms with E-state index in [-0.39, 0.29) is 12.8 Å². The molecule has 1 heterocycles. The minimum Gasteiger partial charge on any atom is -0.480 e. The van der Waals surface area contributed by atoms with Gasteiger partial charge in [-0.05, 0) is 5.56 Å². The first-order valence-electron chi connectivity index (χ1n) is 9.18. The average molecular weight is 416 g/mol. The van der Waals surface area contributed by atoms with Crippen LogP contribution in [0, 0.1) is 0 Å². The van der Waals surface area contributed by atoms with Crippen LogP contribution in [0.3, 0.4) is 0 Å². The lowest BCUT2D eigenvalue weighted by Gasteiger charge is -2.20. The summed E-state index contributed by atoms with van der Waals surface area (Å²) in [6.45, 7) is -0.977. The van der Waals surface area contributed by atoms with Crippen molar-refractivity contribution in [3.8, 4) is 0 Å². The number of imidazole rings is 1. The number of aliphatic carboxylic acids is 1. The molecule has 0 bridgehead atoms. The lowest BCUT2D eigenvalue weighted by molar-refractivity contribution is -0.138. The Morgan fingerprint density at radius 1 is 1.03 bits per heavy atom. The van der Waals surface area contributed by atoms with Gasteiger partial charge in [-0.3, -0.25) is 19.2 Å². The normalized spacial score (nSPS) is 12.4. The largest absolute Gasteiger partial charge is 0.480 e. The molecule has 2 rings (SSSR count). The minimum atomic E-state index is -1.20. The maximum atomic E-state index is 12.6. The van der Waals surface area contributed by atoms with Crippen molar-refractivity contribution >= 4 is 23.7 Å². The van der Waals surface area contributed by atoms with Crippen LogP contribution in [0.15, 0.2) is 42.9 Å². The van der Waals surface area contributed by atoms with Crippen LogP contribution in [0.4, 0.5) is 0 Å². The summed E-state index contributed by atoms with van der Waals surface area (Å²) in [4.78, 5) is 53.9. The first-order valence-corrected chi connectivity index (χ1v) is 9.18. The van der Waals surface area contributed by atoms with E-state index in [0.29, 0.717) is 5.69 Å². The molecular formula is C19H24N6O5. The maximum Gasteiger partial charge on any atom is 0.322 e. The monoisotopic (exact) mass is 416 g/mol. The van der Waals surface area contributed by atoms with Crippen molar-refractivity contribution in [3.63, 3.8) is 0 Å². The summed E-state index contributed by atoms with van der Waals surface area (Å²) in [7, 11) is 0. The Hall–Kier alpha value is -3.73. The van der Waals surface area contributed by atoms with Crippen LogP contribution in [0.1, 0.15) is 11.3 Å². The van der Waals surface area contributed by atoms with Gasteiger partial charge in [0.1, 0.15) is 12.6 Å². The molecule has 11 heteroatoms. The van der Waals surface area contributed by atoms with Gasteiger partial charge >= 0.3 is 5.97 Å². The molecule has 0 saturated carbocycles. The van der Waals surface area contributed by atoms with Crippen LogP contribution in [0.2, 0.25) is 0 Å². The van der Waals surface area contributed by atoms with E-state index in [1.807, 2.05) is 6.07 Å². The van der Waals surface area contributed by atoms with Crippen LogP contribution >= 0.6 is 0 Å². The second kappa shape index (κ2) is 11.3. The van der Waals surface area contributed by atoms with Crippen LogP contribution in [0.25, 0.3) is 0 Å². The van der Waals surface area contributed by atoms with E-state index < -0.39 is 48.9 Å². The van der Waals surface area contributed by atoms with Gasteiger partial charge in [0.05, 0.1) is 18.9 Å². The van der Waals surface area contributed by atoms with Crippen LogP contribution in [-0.4, -0.2) is 63.9 Å². The lowest BCUT2D eigenvalue weighted by atomic mass is 10.0. The summed E-state index contributed by atoms with van der Waals surface area (Å²) in [5.74, 6) is -2.98. The van der Waals surface area contributed by atoms with Crippen LogP contribution in [-0.2, 0) is 32.0 Å². The lowest BCUT2D eigenvalue weighted by Crippen LogP contribution is -2.54. The Kier molecular flexibility index (Phi) is 8.51. The highest BCUT2D eigenvalue weighted by molar-refractivity contribution is 5.92. The summed E-state index contributed by atoms with van der Waals surface area (Å²) in [6, 6.07) is 7.15. The number of rotatable bonds is 11. The predicted octanol–water partition coefficient (Wildman–Crippen LogP) is -1.68. The summed E-state index contributed by atoms with van der Waals surface area (Å²) >= 11 is 0. The Morgan fingerprint density at radius 2 is 1.77 bits per heavy atom. The van der Waals surface area contributed by atoms with Gasteiger partial charge in [-0.25, -0.2) is 4.98 Å². The van der Waals surface area contributed by atoms with Crippen LogP contribution < -0.4 is 21.7 Å². The van der Waals surface area contributed by atoms with E-state index in [2.05, 4.69) is 25.9 Å². The Morgan fingerprint density at radius 3 is 2.40 bits per heavy atom. The highest BCUT2D eigenvalue weighted by atomic mass is 16.4. The number of carboxylic acids is 1. The number of aromatic nitrogens is 2. The van der Waals surface area contributed by atoms with Gasteiger partial charge in [0.15, 0.2) is 0 Å². The second-order valence-corrected chi connectivity index (χ2v) is 6.53. The number of hydrogen-bond donors (Lipinski definition) is 6. The third kappa shape index (κ3) is 7.72. The molecule has 0 fully saturated rings. The highest BCUT2D eigenvalue weighted by Gasteiger charge is 2.25.